The van der Waals surface area contributed by atoms with Crippen molar-refractivity contribution in [1.29, 1.82) is 0 Å². The van der Waals surface area contributed by atoms with Crippen molar-refractivity contribution in [1.82, 2.24) is 9.97 Å². The Morgan fingerprint density at radius 3 is 2.50 bits per heavy atom. The summed E-state index contributed by atoms with van der Waals surface area (Å²) in [5.74, 6) is 2.48. The summed E-state index contributed by atoms with van der Waals surface area (Å²) in [7, 11) is 3.21. The highest BCUT2D eigenvalue weighted by molar-refractivity contribution is 5.81. The lowest BCUT2D eigenvalue weighted by Gasteiger charge is -2.08. The second-order valence-corrected chi connectivity index (χ2v) is 6.04. The van der Waals surface area contributed by atoms with Crippen LogP contribution in [0.1, 0.15) is 16.8 Å². The number of hydrazone groups is 1. The van der Waals surface area contributed by atoms with E-state index in [1.54, 1.807) is 20.4 Å². The predicted octanol–water partition coefficient (Wildman–Crippen LogP) is 3.86. The number of anilines is 2. The van der Waals surface area contributed by atoms with E-state index < -0.39 is 0 Å². The van der Waals surface area contributed by atoms with Gasteiger partial charge in [0.25, 0.3) is 0 Å². The summed E-state index contributed by atoms with van der Waals surface area (Å²) in [6.07, 6.45) is 1.69. The van der Waals surface area contributed by atoms with Crippen LogP contribution in [-0.2, 0) is 6.54 Å². The third kappa shape index (κ3) is 5.20. The summed E-state index contributed by atoms with van der Waals surface area (Å²) in [5.41, 5.74) is 5.82. The first-order valence-electron chi connectivity index (χ1n) is 8.82. The molecule has 3 aromatic rings. The van der Waals surface area contributed by atoms with E-state index in [9.17, 15) is 0 Å². The minimum absolute atomic E-state index is 0.549. The van der Waals surface area contributed by atoms with Crippen LogP contribution in [0.2, 0.25) is 0 Å². The maximum atomic E-state index is 5.30. The molecule has 0 radical (unpaired) electrons. The van der Waals surface area contributed by atoms with Crippen molar-refractivity contribution in [2.45, 2.75) is 13.5 Å². The fourth-order valence-corrected chi connectivity index (χ4v) is 2.59. The molecule has 28 heavy (non-hydrogen) atoms. The van der Waals surface area contributed by atoms with E-state index in [2.05, 4.69) is 37.9 Å². The second-order valence-electron chi connectivity index (χ2n) is 6.04. The average molecular weight is 377 g/mol. The highest BCUT2D eigenvalue weighted by atomic mass is 16.5. The molecule has 1 heterocycles. The van der Waals surface area contributed by atoms with Crippen molar-refractivity contribution in [3.05, 3.63) is 71.4 Å². The molecule has 0 saturated heterocycles. The summed E-state index contributed by atoms with van der Waals surface area (Å²) >= 11 is 0. The molecule has 2 N–H and O–H groups in total. The van der Waals surface area contributed by atoms with Gasteiger partial charge in [0.2, 0.25) is 5.95 Å². The zero-order valence-electron chi connectivity index (χ0n) is 16.1. The molecule has 2 aromatic carbocycles. The molecule has 1 aromatic heterocycles. The Morgan fingerprint density at radius 1 is 0.964 bits per heavy atom. The largest absolute Gasteiger partial charge is 0.493 e. The molecule has 3 rings (SSSR count). The standard InChI is InChI=1S/C21H23N5O2/c1-15-11-20(25-21(24-15)22-13-16-7-5-4-6-8-16)26-23-14-17-9-10-18(27-2)19(12-17)28-3/h4-12,14H,13H2,1-3H3,(H2,22,24,25,26)/b23-14-. The van der Waals surface area contributed by atoms with Crippen molar-refractivity contribution in [3.63, 3.8) is 0 Å². The minimum Gasteiger partial charge on any atom is -0.493 e. The lowest BCUT2D eigenvalue weighted by molar-refractivity contribution is 0.355. The van der Waals surface area contributed by atoms with Crippen molar-refractivity contribution >= 4 is 18.0 Å². The molecule has 0 amide bonds. The SMILES string of the molecule is COc1ccc(/C=N\Nc2cc(C)nc(NCc3ccccc3)n2)cc1OC. The number of nitrogens with zero attached hydrogens (tertiary/aromatic N) is 3. The molecule has 7 nitrogen and oxygen atoms in total. The van der Waals surface area contributed by atoms with Gasteiger partial charge in [-0.15, -0.1) is 0 Å². The smallest absolute Gasteiger partial charge is 0.225 e. The lowest BCUT2D eigenvalue weighted by Crippen LogP contribution is -2.06. The van der Waals surface area contributed by atoms with Gasteiger partial charge >= 0.3 is 0 Å². The number of nitrogens with one attached hydrogen (secondary N) is 2. The summed E-state index contributed by atoms with van der Waals surface area (Å²) in [6, 6.07) is 17.5. The molecule has 144 valence electrons. The molecule has 0 aliphatic carbocycles. The summed E-state index contributed by atoms with van der Waals surface area (Å²) in [6.45, 7) is 2.57. The molecule has 0 unspecified atom stereocenters. The number of hydrogen-bond acceptors (Lipinski definition) is 7. The van der Waals surface area contributed by atoms with E-state index in [0.29, 0.717) is 29.8 Å². The van der Waals surface area contributed by atoms with Crippen LogP contribution in [0.25, 0.3) is 0 Å². The summed E-state index contributed by atoms with van der Waals surface area (Å²) in [5, 5.41) is 7.49. The summed E-state index contributed by atoms with van der Waals surface area (Å²) < 4.78 is 10.5. The molecule has 0 spiro atoms. The van der Waals surface area contributed by atoms with Crippen molar-refractivity contribution in [2.75, 3.05) is 25.0 Å². The van der Waals surface area contributed by atoms with Gasteiger partial charge in [0, 0.05) is 18.3 Å². The predicted molar refractivity (Wildman–Crippen MR) is 111 cm³/mol. The van der Waals surface area contributed by atoms with Crippen LogP contribution >= 0.6 is 0 Å². The molecule has 0 aliphatic heterocycles. The van der Waals surface area contributed by atoms with E-state index in [-0.39, 0.29) is 0 Å². The molecule has 0 aliphatic rings. The first-order chi connectivity index (χ1) is 13.7. The number of aromatic nitrogens is 2. The number of benzene rings is 2. The fourth-order valence-electron chi connectivity index (χ4n) is 2.59. The number of ether oxygens (including phenoxy) is 2. The number of methoxy groups -OCH3 is 2. The number of rotatable bonds is 8. The molecular weight excluding hydrogens is 354 g/mol. The van der Waals surface area contributed by atoms with Gasteiger partial charge in [-0.05, 0) is 36.2 Å². The van der Waals surface area contributed by atoms with E-state index in [1.165, 1.54) is 0 Å². The van der Waals surface area contributed by atoms with Gasteiger partial charge in [-0.3, -0.25) is 5.43 Å². The van der Waals surface area contributed by atoms with Gasteiger partial charge in [-0.2, -0.15) is 10.1 Å². The normalized spacial score (nSPS) is 10.7. The number of aryl methyl sites for hydroxylation is 1. The quantitative estimate of drug-likeness (QED) is 0.458. The van der Waals surface area contributed by atoms with E-state index in [1.807, 2.05) is 49.4 Å². The lowest BCUT2D eigenvalue weighted by atomic mass is 10.2. The van der Waals surface area contributed by atoms with E-state index in [4.69, 9.17) is 9.47 Å². The first-order valence-corrected chi connectivity index (χ1v) is 8.82. The first kappa shape index (κ1) is 19.2. The van der Waals surface area contributed by atoms with Crippen LogP contribution in [-0.4, -0.2) is 30.4 Å². The minimum atomic E-state index is 0.549. The fraction of sp³-hybridized carbons (Fsp3) is 0.190. The molecule has 0 bridgehead atoms. The van der Waals surface area contributed by atoms with E-state index >= 15 is 0 Å². The Bertz CT molecular complexity index is 945. The van der Waals surface area contributed by atoms with Gasteiger partial charge in [0.05, 0.1) is 20.4 Å². The maximum absolute atomic E-state index is 5.30. The Morgan fingerprint density at radius 2 is 1.75 bits per heavy atom. The van der Waals surface area contributed by atoms with Crippen LogP contribution in [0.15, 0.2) is 59.7 Å². The Hall–Kier alpha value is -3.61. The van der Waals surface area contributed by atoms with Crippen molar-refractivity contribution in [2.24, 2.45) is 5.10 Å². The highest BCUT2D eigenvalue weighted by Crippen LogP contribution is 2.26. The summed E-state index contributed by atoms with van der Waals surface area (Å²) in [4.78, 5) is 8.86. The monoisotopic (exact) mass is 377 g/mol. The van der Waals surface area contributed by atoms with Gasteiger partial charge in [0.15, 0.2) is 17.3 Å². The Labute approximate surface area is 164 Å². The molecule has 0 saturated carbocycles. The second kappa shape index (κ2) is 9.36. The zero-order valence-corrected chi connectivity index (χ0v) is 16.1. The van der Waals surface area contributed by atoms with Crippen LogP contribution in [0.5, 0.6) is 11.5 Å². The van der Waals surface area contributed by atoms with Crippen molar-refractivity contribution < 1.29 is 9.47 Å². The average Bonchev–Trinajstić information content (AvgIpc) is 2.72. The molecule has 7 heteroatoms. The molecular formula is C21H23N5O2. The highest BCUT2D eigenvalue weighted by Gasteiger charge is 2.04. The topological polar surface area (TPSA) is 80.7 Å². The van der Waals surface area contributed by atoms with Crippen LogP contribution in [0, 0.1) is 6.92 Å². The van der Waals surface area contributed by atoms with Crippen LogP contribution in [0.4, 0.5) is 11.8 Å². The van der Waals surface area contributed by atoms with Gasteiger partial charge < -0.3 is 14.8 Å². The van der Waals surface area contributed by atoms with E-state index in [0.717, 1.165) is 16.8 Å². The molecule has 0 fully saturated rings. The number of hydrogen-bond donors (Lipinski definition) is 2. The Balaban J connectivity index is 1.65. The zero-order chi connectivity index (χ0) is 19.8. The maximum Gasteiger partial charge on any atom is 0.225 e. The van der Waals surface area contributed by atoms with Crippen LogP contribution < -0.4 is 20.2 Å². The van der Waals surface area contributed by atoms with Gasteiger partial charge in [-0.25, -0.2) is 4.98 Å². The molecule has 0 atom stereocenters. The third-order valence-electron chi connectivity index (χ3n) is 3.95. The Kier molecular flexibility index (Phi) is 6.41. The van der Waals surface area contributed by atoms with Crippen LogP contribution in [0.3, 0.4) is 0 Å². The van der Waals surface area contributed by atoms with Gasteiger partial charge in [0.1, 0.15) is 0 Å². The van der Waals surface area contributed by atoms with Gasteiger partial charge in [-0.1, -0.05) is 30.3 Å². The third-order valence-corrected chi connectivity index (χ3v) is 3.95. The van der Waals surface area contributed by atoms with Crippen molar-refractivity contribution in [3.8, 4) is 11.5 Å².